The Bertz CT molecular complexity index is 618. The van der Waals surface area contributed by atoms with Gasteiger partial charge in [-0.05, 0) is 68.6 Å². The number of hydrogen-bond acceptors (Lipinski definition) is 3. The van der Waals surface area contributed by atoms with Gasteiger partial charge in [-0.2, -0.15) is 0 Å². The zero-order valence-corrected chi connectivity index (χ0v) is 20.0. The van der Waals surface area contributed by atoms with Gasteiger partial charge in [0.1, 0.15) is 5.60 Å². The molecule has 6 heteroatoms. The third kappa shape index (κ3) is 7.80. The molecule has 1 amide bonds. The van der Waals surface area contributed by atoms with Crippen LogP contribution in [-0.2, 0) is 22.1 Å². The van der Waals surface area contributed by atoms with E-state index in [2.05, 4.69) is 61.2 Å². The predicted molar refractivity (Wildman–Crippen MR) is 114 cm³/mol. The number of ether oxygens (including phenoxy) is 1. The van der Waals surface area contributed by atoms with Crippen molar-refractivity contribution in [3.8, 4) is 0 Å². The Morgan fingerprint density at radius 1 is 1.12 bits per heavy atom. The lowest BCUT2D eigenvalue weighted by Crippen LogP contribution is -2.41. The molecule has 1 aromatic rings. The van der Waals surface area contributed by atoms with E-state index < -0.39 is 20.0 Å². The van der Waals surface area contributed by atoms with Gasteiger partial charge in [-0.1, -0.05) is 42.8 Å². The number of rotatable bonds is 6. The highest BCUT2D eigenvalue weighted by molar-refractivity contribution is 9.10. The van der Waals surface area contributed by atoms with E-state index in [4.69, 9.17) is 9.16 Å². The summed E-state index contributed by atoms with van der Waals surface area (Å²) < 4.78 is 12.6. The van der Waals surface area contributed by atoms with Gasteiger partial charge in [0.25, 0.3) is 0 Å². The maximum atomic E-state index is 11.9. The summed E-state index contributed by atoms with van der Waals surface area (Å²) in [7, 11) is -1.75. The standard InChI is InChI=1S/C20H34BrNO3Si/c1-19(2,3)25-18(23)22-14-16-9-10-17(21)13-15(16)11-12-24-26(7,8)20(4,5)6/h9-10,13H,11-12,14H2,1-8H3,(H,22,23). The normalized spacial score (nSPS) is 12.8. The van der Waals surface area contributed by atoms with Gasteiger partial charge >= 0.3 is 6.09 Å². The second-order valence-electron chi connectivity index (χ2n) is 9.13. The van der Waals surface area contributed by atoms with E-state index >= 15 is 0 Å². The van der Waals surface area contributed by atoms with Gasteiger partial charge in [0.2, 0.25) is 0 Å². The molecule has 0 atom stereocenters. The molecule has 0 radical (unpaired) electrons. The van der Waals surface area contributed by atoms with Crippen LogP contribution in [0.3, 0.4) is 0 Å². The quantitative estimate of drug-likeness (QED) is 0.545. The number of halogens is 1. The number of hydrogen-bond donors (Lipinski definition) is 1. The van der Waals surface area contributed by atoms with E-state index in [0.717, 1.165) is 16.5 Å². The van der Waals surface area contributed by atoms with Crippen molar-refractivity contribution in [3.63, 3.8) is 0 Å². The first kappa shape index (κ1) is 23.2. The number of nitrogens with one attached hydrogen (secondary N) is 1. The van der Waals surface area contributed by atoms with E-state index in [9.17, 15) is 4.79 Å². The lowest BCUT2D eigenvalue weighted by molar-refractivity contribution is 0.0523. The van der Waals surface area contributed by atoms with E-state index in [1.165, 1.54) is 5.56 Å². The van der Waals surface area contributed by atoms with Gasteiger partial charge in [-0.25, -0.2) is 4.79 Å². The van der Waals surface area contributed by atoms with Crippen LogP contribution in [0.15, 0.2) is 22.7 Å². The van der Waals surface area contributed by atoms with Crippen LogP contribution in [-0.4, -0.2) is 26.6 Å². The van der Waals surface area contributed by atoms with Gasteiger partial charge in [-0.3, -0.25) is 0 Å². The molecular weight excluding hydrogens is 410 g/mol. The molecule has 0 unspecified atom stereocenters. The van der Waals surface area contributed by atoms with Gasteiger partial charge in [0, 0.05) is 17.6 Å². The summed E-state index contributed by atoms with van der Waals surface area (Å²) in [4.78, 5) is 11.9. The number of benzene rings is 1. The van der Waals surface area contributed by atoms with Crippen LogP contribution in [0.2, 0.25) is 18.1 Å². The summed E-state index contributed by atoms with van der Waals surface area (Å²) in [6.45, 7) is 18.0. The molecule has 1 N–H and O–H groups in total. The Morgan fingerprint density at radius 3 is 2.27 bits per heavy atom. The summed E-state index contributed by atoms with van der Waals surface area (Å²) in [5.41, 5.74) is 1.76. The first-order valence-corrected chi connectivity index (χ1v) is 12.8. The molecule has 148 valence electrons. The molecule has 0 spiro atoms. The number of carbonyl (C=O) groups is 1. The molecule has 0 saturated carbocycles. The lowest BCUT2D eigenvalue weighted by atomic mass is 10.1. The van der Waals surface area contributed by atoms with E-state index in [0.29, 0.717) is 13.2 Å². The molecule has 0 aliphatic heterocycles. The fourth-order valence-electron chi connectivity index (χ4n) is 2.11. The van der Waals surface area contributed by atoms with E-state index in [1.807, 2.05) is 32.9 Å². The SMILES string of the molecule is CC(C)(C)OC(=O)NCc1ccc(Br)cc1CCO[Si](C)(C)C(C)(C)C. The van der Waals surface area contributed by atoms with Crippen LogP contribution in [0, 0.1) is 0 Å². The summed E-state index contributed by atoms with van der Waals surface area (Å²) in [6.07, 6.45) is 0.418. The topological polar surface area (TPSA) is 47.6 Å². The number of carbonyl (C=O) groups excluding carboxylic acids is 1. The smallest absolute Gasteiger partial charge is 0.407 e. The van der Waals surface area contributed by atoms with Crippen LogP contribution in [0.25, 0.3) is 0 Å². The summed E-state index contributed by atoms with van der Waals surface area (Å²) >= 11 is 3.54. The minimum absolute atomic E-state index is 0.200. The van der Waals surface area contributed by atoms with Crippen molar-refractivity contribution in [2.75, 3.05) is 6.61 Å². The molecule has 0 aliphatic rings. The molecule has 0 fully saturated rings. The zero-order chi connectivity index (χ0) is 20.2. The summed E-state index contributed by atoms with van der Waals surface area (Å²) in [6, 6.07) is 6.12. The fraction of sp³-hybridized carbons (Fsp3) is 0.650. The fourth-order valence-corrected chi connectivity index (χ4v) is 3.57. The monoisotopic (exact) mass is 443 g/mol. The minimum atomic E-state index is -1.75. The zero-order valence-electron chi connectivity index (χ0n) is 17.5. The summed E-state index contributed by atoms with van der Waals surface area (Å²) in [5.74, 6) is 0. The second kappa shape index (κ2) is 8.89. The highest BCUT2D eigenvalue weighted by Crippen LogP contribution is 2.36. The molecular formula is C20H34BrNO3Si. The van der Waals surface area contributed by atoms with Crippen molar-refractivity contribution < 1.29 is 14.0 Å². The van der Waals surface area contributed by atoms with E-state index in [-0.39, 0.29) is 5.04 Å². The molecule has 0 heterocycles. The van der Waals surface area contributed by atoms with Crippen LogP contribution < -0.4 is 5.32 Å². The van der Waals surface area contributed by atoms with Gasteiger partial charge in [-0.15, -0.1) is 0 Å². The predicted octanol–water partition coefficient (Wildman–Crippen LogP) is 6.04. The molecule has 1 rings (SSSR count). The van der Waals surface area contributed by atoms with Crippen molar-refractivity contribution in [2.45, 2.75) is 78.2 Å². The number of alkyl carbamates (subject to hydrolysis) is 1. The highest BCUT2D eigenvalue weighted by Gasteiger charge is 2.36. The van der Waals surface area contributed by atoms with Gasteiger partial charge in [0.05, 0.1) is 0 Å². The third-order valence-electron chi connectivity index (χ3n) is 4.63. The Morgan fingerprint density at radius 2 is 1.73 bits per heavy atom. The van der Waals surface area contributed by atoms with E-state index in [1.54, 1.807) is 0 Å². The molecule has 0 aliphatic carbocycles. The van der Waals surface area contributed by atoms with Crippen LogP contribution in [0.4, 0.5) is 4.79 Å². The molecule has 4 nitrogen and oxygen atoms in total. The third-order valence-corrected chi connectivity index (χ3v) is 9.66. The molecule has 0 aromatic heterocycles. The maximum absolute atomic E-state index is 11.9. The summed E-state index contributed by atoms with van der Waals surface area (Å²) in [5, 5.41) is 3.04. The Kier molecular flexibility index (Phi) is 7.93. The van der Waals surface area contributed by atoms with Crippen molar-refractivity contribution in [1.29, 1.82) is 0 Å². The Balaban J connectivity index is 2.71. The molecule has 0 bridgehead atoms. The average molecular weight is 444 g/mol. The molecule has 0 saturated heterocycles. The lowest BCUT2D eigenvalue weighted by Gasteiger charge is -2.36. The Labute approximate surface area is 168 Å². The van der Waals surface area contributed by atoms with Crippen molar-refractivity contribution in [2.24, 2.45) is 0 Å². The van der Waals surface area contributed by atoms with Crippen LogP contribution in [0.1, 0.15) is 52.7 Å². The second-order valence-corrected chi connectivity index (χ2v) is 14.9. The van der Waals surface area contributed by atoms with Crippen molar-refractivity contribution >= 4 is 30.3 Å². The van der Waals surface area contributed by atoms with Crippen molar-refractivity contribution in [1.82, 2.24) is 5.32 Å². The minimum Gasteiger partial charge on any atom is -0.444 e. The van der Waals surface area contributed by atoms with Crippen molar-refractivity contribution in [3.05, 3.63) is 33.8 Å². The maximum Gasteiger partial charge on any atom is 0.407 e. The van der Waals surface area contributed by atoms with Gasteiger partial charge < -0.3 is 14.5 Å². The molecule has 26 heavy (non-hydrogen) atoms. The Hall–Kier alpha value is -0.853. The van der Waals surface area contributed by atoms with Crippen LogP contribution in [0.5, 0.6) is 0 Å². The first-order chi connectivity index (χ1) is 11.7. The highest BCUT2D eigenvalue weighted by atomic mass is 79.9. The van der Waals surface area contributed by atoms with Crippen LogP contribution >= 0.6 is 15.9 Å². The van der Waals surface area contributed by atoms with Gasteiger partial charge in [0.15, 0.2) is 8.32 Å². The molecule has 1 aromatic carbocycles. The average Bonchev–Trinajstić information content (AvgIpc) is 2.43. The number of amides is 1. The first-order valence-electron chi connectivity index (χ1n) is 9.09. The largest absolute Gasteiger partial charge is 0.444 e.